The van der Waals surface area contributed by atoms with Crippen molar-refractivity contribution in [2.24, 2.45) is 0 Å². The molecule has 3 aromatic carbocycles. The first kappa shape index (κ1) is 20.0. The Morgan fingerprint density at radius 2 is 1.70 bits per heavy atom. The number of nitrogens with zero attached hydrogens (tertiary/aromatic N) is 1. The van der Waals surface area contributed by atoms with E-state index < -0.39 is 47.4 Å². The second-order valence-electron chi connectivity index (χ2n) is 6.76. The first-order valence-electron chi connectivity index (χ1n) is 8.95. The average Bonchev–Trinajstić information content (AvgIpc) is 2.84. The van der Waals surface area contributed by atoms with Crippen molar-refractivity contribution in [3.05, 3.63) is 99.8 Å². The maximum Gasteiger partial charge on any atom is 0.259 e. The number of hydrogen-bond donors (Lipinski definition) is 1. The van der Waals surface area contributed by atoms with Crippen LogP contribution in [0.5, 0.6) is 0 Å². The first-order valence-corrected chi connectivity index (χ1v) is 9.32. The van der Waals surface area contributed by atoms with Gasteiger partial charge in [0.1, 0.15) is 24.0 Å². The minimum Gasteiger partial charge on any atom is -0.324 e. The number of rotatable bonds is 2. The molecule has 1 aliphatic rings. The third-order valence-corrected chi connectivity index (χ3v) is 5.15. The average molecular weight is 431 g/mol. The summed E-state index contributed by atoms with van der Waals surface area (Å²) in [7, 11) is 0. The lowest BCUT2D eigenvalue weighted by Gasteiger charge is -2.31. The highest BCUT2D eigenvalue weighted by molar-refractivity contribution is 6.34. The molecule has 1 atom stereocenters. The van der Waals surface area contributed by atoms with Gasteiger partial charge in [-0.05, 0) is 48.0 Å². The van der Waals surface area contributed by atoms with Crippen LogP contribution in [0.4, 0.5) is 18.9 Å². The van der Waals surface area contributed by atoms with E-state index in [0.717, 1.165) is 11.0 Å². The van der Waals surface area contributed by atoms with Gasteiger partial charge in [-0.15, -0.1) is 0 Å². The number of carbonyl (C=O) groups excluding carboxylic acids is 2. The molecule has 30 heavy (non-hydrogen) atoms. The minimum absolute atomic E-state index is 0.123. The van der Waals surface area contributed by atoms with Crippen molar-refractivity contribution in [3.63, 3.8) is 0 Å². The van der Waals surface area contributed by atoms with Gasteiger partial charge in [-0.3, -0.25) is 9.59 Å². The normalized spacial score (nSPS) is 15.9. The Hall–Kier alpha value is -3.32. The Bertz CT molecular complexity index is 1130. The van der Waals surface area contributed by atoms with Crippen LogP contribution in [-0.2, 0) is 4.79 Å². The molecule has 2 amide bonds. The van der Waals surface area contributed by atoms with Crippen LogP contribution in [0.1, 0.15) is 27.5 Å². The van der Waals surface area contributed by atoms with E-state index >= 15 is 0 Å². The summed E-state index contributed by atoms with van der Waals surface area (Å²) in [5, 5.41) is 2.50. The lowest BCUT2D eigenvalue weighted by Crippen LogP contribution is -2.39. The standard InChI is InChI=1S/C22H14ClF3N2O2/c23-16-2-1-3-17(26)20(16)22(30)28-11-19(29)27-18-9-8-14(25)10-15(18)21(28)12-4-6-13(24)7-5-12/h1-10,21H,11H2,(H,27,29). The Morgan fingerprint density at radius 1 is 1.00 bits per heavy atom. The first-order chi connectivity index (χ1) is 14.3. The van der Waals surface area contributed by atoms with Crippen molar-refractivity contribution < 1.29 is 22.8 Å². The van der Waals surface area contributed by atoms with E-state index in [0.29, 0.717) is 11.3 Å². The molecule has 0 spiro atoms. The molecule has 0 aliphatic carbocycles. The molecule has 3 aromatic rings. The number of carbonyl (C=O) groups is 2. The van der Waals surface area contributed by atoms with Crippen molar-refractivity contribution in [3.8, 4) is 0 Å². The van der Waals surface area contributed by atoms with Crippen molar-refractivity contribution in [1.29, 1.82) is 0 Å². The summed E-state index contributed by atoms with van der Waals surface area (Å²) in [4.78, 5) is 26.9. The highest BCUT2D eigenvalue weighted by Gasteiger charge is 2.36. The predicted molar refractivity (Wildman–Crippen MR) is 106 cm³/mol. The fourth-order valence-electron chi connectivity index (χ4n) is 3.52. The molecule has 0 saturated carbocycles. The third-order valence-electron chi connectivity index (χ3n) is 4.83. The second-order valence-corrected chi connectivity index (χ2v) is 7.17. The summed E-state index contributed by atoms with van der Waals surface area (Å²) in [6, 6.07) is 11.8. The smallest absolute Gasteiger partial charge is 0.259 e. The summed E-state index contributed by atoms with van der Waals surface area (Å²) in [6.45, 7) is -0.443. The summed E-state index contributed by atoms with van der Waals surface area (Å²) in [6.07, 6.45) is 0. The Balaban J connectivity index is 1.93. The molecule has 4 rings (SSSR count). The molecule has 0 fully saturated rings. The van der Waals surface area contributed by atoms with E-state index in [1.807, 2.05) is 0 Å². The van der Waals surface area contributed by atoms with E-state index in [4.69, 9.17) is 11.6 Å². The monoisotopic (exact) mass is 430 g/mol. The van der Waals surface area contributed by atoms with Crippen molar-refractivity contribution in [1.82, 2.24) is 4.90 Å². The number of fused-ring (bicyclic) bond motifs is 1. The van der Waals surface area contributed by atoms with E-state index in [1.54, 1.807) is 0 Å². The highest BCUT2D eigenvalue weighted by atomic mass is 35.5. The Kier molecular flexibility index (Phi) is 5.22. The van der Waals surface area contributed by atoms with Crippen LogP contribution in [0.25, 0.3) is 0 Å². The Labute approximate surface area is 174 Å². The molecular formula is C22H14ClF3N2O2. The third kappa shape index (κ3) is 3.64. The largest absolute Gasteiger partial charge is 0.324 e. The second kappa shape index (κ2) is 7.84. The van der Waals surface area contributed by atoms with Gasteiger partial charge in [-0.2, -0.15) is 0 Å². The summed E-state index contributed by atoms with van der Waals surface area (Å²) < 4.78 is 42.1. The number of anilines is 1. The lowest BCUT2D eigenvalue weighted by molar-refractivity contribution is -0.117. The van der Waals surface area contributed by atoms with Gasteiger partial charge in [0.15, 0.2) is 0 Å². The van der Waals surface area contributed by atoms with Gasteiger partial charge in [-0.25, -0.2) is 13.2 Å². The zero-order valence-corrected chi connectivity index (χ0v) is 16.1. The number of nitrogens with one attached hydrogen (secondary N) is 1. The minimum atomic E-state index is -0.988. The molecule has 0 saturated heterocycles. The molecule has 0 aromatic heterocycles. The van der Waals surface area contributed by atoms with Gasteiger partial charge in [0.2, 0.25) is 5.91 Å². The molecule has 1 unspecified atom stereocenters. The molecule has 1 aliphatic heterocycles. The zero-order chi connectivity index (χ0) is 21.4. The van der Waals surface area contributed by atoms with Crippen LogP contribution in [-0.4, -0.2) is 23.3 Å². The maximum absolute atomic E-state index is 14.5. The quantitative estimate of drug-likeness (QED) is 0.626. The lowest BCUT2D eigenvalue weighted by atomic mass is 9.95. The SMILES string of the molecule is O=C1CN(C(=O)c2c(F)cccc2Cl)C(c2ccc(F)cc2)c2cc(F)ccc2N1. The van der Waals surface area contributed by atoms with E-state index in [9.17, 15) is 22.8 Å². The van der Waals surface area contributed by atoms with Gasteiger partial charge in [0, 0.05) is 11.3 Å². The van der Waals surface area contributed by atoms with Gasteiger partial charge >= 0.3 is 0 Å². The topological polar surface area (TPSA) is 49.4 Å². The summed E-state index contributed by atoms with van der Waals surface area (Å²) in [5.41, 5.74) is 0.582. The van der Waals surface area contributed by atoms with E-state index in [1.165, 1.54) is 54.6 Å². The molecule has 1 heterocycles. The van der Waals surface area contributed by atoms with Gasteiger partial charge in [-0.1, -0.05) is 29.8 Å². The van der Waals surface area contributed by atoms with Crippen LogP contribution < -0.4 is 5.32 Å². The fraction of sp³-hybridized carbons (Fsp3) is 0.0909. The molecule has 1 N–H and O–H groups in total. The van der Waals surface area contributed by atoms with Crippen molar-refractivity contribution in [2.45, 2.75) is 6.04 Å². The predicted octanol–water partition coefficient (Wildman–Crippen LogP) is 4.94. The van der Waals surface area contributed by atoms with Crippen molar-refractivity contribution >= 4 is 29.1 Å². The van der Waals surface area contributed by atoms with Crippen LogP contribution >= 0.6 is 11.6 Å². The number of amides is 2. The van der Waals surface area contributed by atoms with Gasteiger partial charge in [0.05, 0.1) is 16.6 Å². The molecule has 0 bridgehead atoms. The molecule has 152 valence electrons. The number of benzene rings is 3. The summed E-state index contributed by atoms with van der Waals surface area (Å²) in [5.74, 6) is -3.34. The molecule has 4 nitrogen and oxygen atoms in total. The van der Waals surface area contributed by atoms with Crippen LogP contribution in [0.3, 0.4) is 0 Å². The fourth-order valence-corrected chi connectivity index (χ4v) is 3.76. The van der Waals surface area contributed by atoms with E-state index in [-0.39, 0.29) is 10.6 Å². The van der Waals surface area contributed by atoms with Gasteiger partial charge in [0.25, 0.3) is 5.91 Å². The Morgan fingerprint density at radius 3 is 2.40 bits per heavy atom. The number of hydrogen-bond acceptors (Lipinski definition) is 2. The summed E-state index contributed by atoms with van der Waals surface area (Å²) >= 11 is 6.06. The van der Waals surface area contributed by atoms with Crippen LogP contribution in [0.2, 0.25) is 5.02 Å². The molecule has 0 radical (unpaired) electrons. The zero-order valence-electron chi connectivity index (χ0n) is 15.3. The van der Waals surface area contributed by atoms with Gasteiger partial charge < -0.3 is 10.2 Å². The molecule has 8 heteroatoms. The van der Waals surface area contributed by atoms with Crippen LogP contribution in [0.15, 0.2) is 60.7 Å². The maximum atomic E-state index is 14.5. The van der Waals surface area contributed by atoms with Crippen LogP contribution in [0, 0.1) is 17.5 Å². The van der Waals surface area contributed by atoms with E-state index in [2.05, 4.69) is 5.32 Å². The van der Waals surface area contributed by atoms with Crippen molar-refractivity contribution in [2.75, 3.05) is 11.9 Å². The molecular weight excluding hydrogens is 417 g/mol. The highest BCUT2D eigenvalue weighted by Crippen LogP contribution is 2.38. The number of halogens is 4.